The van der Waals surface area contributed by atoms with Crippen LogP contribution in [0.3, 0.4) is 0 Å². The molecule has 19 heavy (non-hydrogen) atoms. The number of amides is 1. The van der Waals surface area contributed by atoms with Gasteiger partial charge in [-0.2, -0.15) is 0 Å². The number of nitrogens with zero attached hydrogens (tertiary/aromatic N) is 2. The molecule has 5 heteroatoms. The molecule has 0 saturated heterocycles. The number of carbonyl (C=O) groups excluding carboxylic acids is 1. The third-order valence-electron chi connectivity index (χ3n) is 2.38. The van der Waals surface area contributed by atoms with Gasteiger partial charge in [-0.05, 0) is 12.1 Å². The zero-order valence-electron chi connectivity index (χ0n) is 10.5. The summed E-state index contributed by atoms with van der Waals surface area (Å²) in [4.78, 5) is 11.3. The first-order chi connectivity index (χ1) is 9.29. The lowest BCUT2D eigenvalue weighted by atomic mass is 10.3. The first kappa shape index (κ1) is 12.9. The lowest BCUT2D eigenvalue weighted by Gasteiger charge is -2.03. The normalized spacial score (nSPS) is 9.89. The average Bonchev–Trinajstić information content (AvgIpc) is 2.93. The van der Waals surface area contributed by atoms with Crippen LogP contribution in [0.15, 0.2) is 55.3 Å². The van der Waals surface area contributed by atoms with Gasteiger partial charge in [0.2, 0.25) is 5.88 Å². The number of para-hydroxylation sites is 1. The molecule has 2 aromatic rings. The predicted octanol–water partition coefficient (Wildman–Crippen LogP) is 1.55. The Bertz CT molecular complexity index is 549. The molecule has 0 radical (unpaired) electrons. The van der Waals surface area contributed by atoms with Crippen LogP contribution < -0.4 is 10.1 Å². The number of hydrogen-bond donors (Lipinski definition) is 1. The molecule has 5 nitrogen and oxygen atoms in total. The SMILES string of the molecule is C=CCNC(=O)COc1ccn(-c2ccccc2)n1. The molecule has 1 N–H and O–H groups in total. The van der Waals surface area contributed by atoms with Gasteiger partial charge in [0.05, 0.1) is 5.69 Å². The first-order valence-electron chi connectivity index (χ1n) is 5.91. The van der Waals surface area contributed by atoms with Crippen molar-refractivity contribution in [1.82, 2.24) is 15.1 Å². The molecular weight excluding hydrogens is 242 g/mol. The van der Waals surface area contributed by atoms with Gasteiger partial charge < -0.3 is 10.1 Å². The van der Waals surface area contributed by atoms with Gasteiger partial charge in [0.25, 0.3) is 5.91 Å². The van der Waals surface area contributed by atoms with Crippen LogP contribution in [0.5, 0.6) is 5.88 Å². The highest BCUT2D eigenvalue weighted by atomic mass is 16.5. The first-order valence-corrected chi connectivity index (χ1v) is 5.91. The molecule has 0 unspecified atom stereocenters. The molecule has 1 aromatic carbocycles. The second kappa shape index (κ2) is 6.39. The van der Waals surface area contributed by atoms with E-state index in [0.717, 1.165) is 5.69 Å². The molecule has 1 aromatic heterocycles. The van der Waals surface area contributed by atoms with Crippen molar-refractivity contribution in [2.24, 2.45) is 0 Å². The van der Waals surface area contributed by atoms with Gasteiger partial charge in [-0.25, -0.2) is 4.68 Å². The third kappa shape index (κ3) is 3.70. The highest BCUT2D eigenvalue weighted by Gasteiger charge is 2.04. The summed E-state index contributed by atoms with van der Waals surface area (Å²) in [5, 5.41) is 6.85. The Morgan fingerprint density at radius 3 is 2.89 bits per heavy atom. The number of benzene rings is 1. The van der Waals surface area contributed by atoms with Crippen molar-refractivity contribution in [2.75, 3.05) is 13.2 Å². The summed E-state index contributed by atoms with van der Waals surface area (Å²) in [5.41, 5.74) is 0.938. The molecule has 1 amide bonds. The average molecular weight is 257 g/mol. The summed E-state index contributed by atoms with van der Waals surface area (Å²) in [5.74, 6) is 0.215. The molecule has 0 saturated carbocycles. The van der Waals surface area contributed by atoms with E-state index in [2.05, 4.69) is 17.0 Å². The predicted molar refractivity (Wildman–Crippen MR) is 72.3 cm³/mol. The van der Waals surface area contributed by atoms with E-state index in [4.69, 9.17) is 4.74 Å². The second-order valence-corrected chi connectivity index (χ2v) is 3.82. The van der Waals surface area contributed by atoms with Crippen LogP contribution in [0.1, 0.15) is 0 Å². The lowest BCUT2D eigenvalue weighted by molar-refractivity contribution is -0.122. The van der Waals surface area contributed by atoms with E-state index >= 15 is 0 Å². The monoisotopic (exact) mass is 257 g/mol. The number of nitrogens with one attached hydrogen (secondary N) is 1. The lowest BCUT2D eigenvalue weighted by Crippen LogP contribution is -2.28. The van der Waals surface area contributed by atoms with Crippen molar-refractivity contribution in [1.29, 1.82) is 0 Å². The van der Waals surface area contributed by atoms with Crippen LogP contribution in [-0.2, 0) is 4.79 Å². The zero-order chi connectivity index (χ0) is 13.5. The van der Waals surface area contributed by atoms with Crippen LogP contribution in [-0.4, -0.2) is 28.8 Å². The van der Waals surface area contributed by atoms with E-state index in [1.807, 2.05) is 30.3 Å². The number of hydrogen-bond acceptors (Lipinski definition) is 3. The van der Waals surface area contributed by atoms with Gasteiger partial charge in [0, 0.05) is 18.8 Å². The molecule has 0 bridgehead atoms. The number of rotatable bonds is 6. The molecule has 98 valence electrons. The Labute approximate surface area is 111 Å². The van der Waals surface area contributed by atoms with E-state index in [1.165, 1.54) is 0 Å². The van der Waals surface area contributed by atoms with Crippen LogP contribution in [0.4, 0.5) is 0 Å². The van der Waals surface area contributed by atoms with Crippen LogP contribution in [0.2, 0.25) is 0 Å². The van der Waals surface area contributed by atoms with E-state index in [0.29, 0.717) is 12.4 Å². The topological polar surface area (TPSA) is 56.1 Å². The summed E-state index contributed by atoms with van der Waals surface area (Å²) >= 11 is 0. The van der Waals surface area contributed by atoms with Crippen molar-refractivity contribution in [3.63, 3.8) is 0 Å². The molecule has 0 aliphatic heterocycles. The Morgan fingerprint density at radius 1 is 1.37 bits per heavy atom. The minimum absolute atomic E-state index is 0.0559. The van der Waals surface area contributed by atoms with Gasteiger partial charge in [0.15, 0.2) is 6.61 Å². The van der Waals surface area contributed by atoms with Crippen molar-refractivity contribution in [3.8, 4) is 11.6 Å². The third-order valence-corrected chi connectivity index (χ3v) is 2.38. The molecule has 0 atom stereocenters. The fraction of sp³-hybridized carbons (Fsp3) is 0.143. The minimum atomic E-state index is -0.200. The van der Waals surface area contributed by atoms with Gasteiger partial charge in [-0.1, -0.05) is 24.3 Å². The second-order valence-electron chi connectivity index (χ2n) is 3.82. The van der Waals surface area contributed by atoms with E-state index in [1.54, 1.807) is 23.0 Å². The molecule has 1 heterocycles. The van der Waals surface area contributed by atoms with E-state index in [-0.39, 0.29) is 12.5 Å². The number of aromatic nitrogens is 2. The largest absolute Gasteiger partial charge is 0.466 e. The highest BCUT2D eigenvalue weighted by molar-refractivity contribution is 5.77. The van der Waals surface area contributed by atoms with Crippen molar-refractivity contribution in [2.45, 2.75) is 0 Å². The van der Waals surface area contributed by atoms with Gasteiger partial charge >= 0.3 is 0 Å². The molecular formula is C14H15N3O2. The fourth-order valence-electron chi connectivity index (χ4n) is 1.49. The Hall–Kier alpha value is -2.56. The summed E-state index contributed by atoms with van der Waals surface area (Å²) < 4.78 is 6.98. The molecule has 0 aliphatic carbocycles. The van der Waals surface area contributed by atoms with Crippen LogP contribution in [0, 0.1) is 0 Å². The molecule has 0 aliphatic rings. The Morgan fingerprint density at radius 2 is 2.16 bits per heavy atom. The van der Waals surface area contributed by atoms with Gasteiger partial charge in [-0.15, -0.1) is 11.7 Å². The van der Waals surface area contributed by atoms with Crippen molar-refractivity contribution < 1.29 is 9.53 Å². The molecule has 2 rings (SSSR count). The molecule has 0 fully saturated rings. The maximum atomic E-state index is 11.3. The smallest absolute Gasteiger partial charge is 0.258 e. The Kier molecular flexibility index (Phi) is 4.34. The van der Waals surface area contributed by atoms with Gasteiger partial charge in [0.1, 0.15) is 0 Å². The fourth-order valence-corrected chi connectivity index (χ4v) is 1.49. The van der Waals surface area contributed by atoms with Gasteiger partial charge in [-0.3, -0.25) is 4.79 Å². The molecule has 0 spiro atoms. The van der Waals surface area contributed by atoms with Crippen molar-refractivity contribution >= 4 is 5.91 Å². The highest BCUT2D eigenvalue weighted by Crippen LogP contribution is 2.11. The number of ether oxygens (including phenoxy) is 1. The van der Waals surface area contributed by atoms with Crippen LogP contribution >= 0.6 is 0 Å². The van der Waals surface area contributed by atoms with Crippen LogP contribution in [0.25, 0.3) is 5.69 Å². The summed E-state index contributed by atoms with van der Waals surface area (Å²) in [6.45, 7) is 3.89. The van der Waals surface area contributed by atoms with Crippen molar-refractivity contribution in [3.05, 3.63) is 55.3 Å². The number of carbonyl (C=O) groups is 1. The summed E-state index contributed by atoms with van der Waals surface area (Å²) in [6, 6.07) is 11.4. The summed E-state index contributed by atoms with van der Waals surface area (Å²) in [7, 11) is 0. The van der Waals surface area contributed by atoms with E-state index < -0.39 is 0 Å². The summed E-state index contributed by atoms with van der Waals surface area (Å²) in [6.07, 6.45) is 3.40. The minimum Gasteiger partial charge on any atom is -0.466 e. The standard InChI is InChI=1S/C14H15N3O2/c1-2-9-15-13(18)11-19-14-8-10-17(16-14)12-6-4-3-5-7-12/h2-8,10H,1,9,11H2,(H,15,18). The zero-order valence-corrected chi connectivity index (χ0v) is 10.5. The maximum absolute atomic E-state index is 11.3. The quantitative estimate of drug-likeness (QED) is 0.799. The maximum Gasteiger partial charge on any atom is 0.258 e. The Balaban J connectivity index is 1.91. The van der Waals surface area contributed by atoms with E-state index in [9.17, 15) is 4.79 Å².